The molecule has 132 valence electrons. The molecule has 1 saturated heterocycles. The number of nitrogens with zero attached hydrogens (tertiary/aromatic N) is 2. The summed E-state index contributed by atoms with van der Waals surface area (Å²) in [4.78, 5) is 29.2. The van der Waals surface area contributed by atoms with Crippen LogP contribution in [0.25, 0.3) is 11.1 Å². The van der Waals surface area contributed by atoms with E-state index in [1.807, 2.05) is 24.3 Å². The number of rotatable bonds is 4. The van der Waals surface area contributed by atoms with Gasteiger partial charge in [0.1, 0.15) is 5.52 Å². The van der Waals surface area contributed by atoms with E-state index in [-0.39, 0.29) is 18.9 Å². The van der Waals surface area contributed by atoms with Crippen LogP contribution in [-0.4, -0.2) is 28.5 Å². The summed E-state index contributed by atoms with van der Waals surface area (Å²) in [6.45, 7) is 0.172. The predicted octanol–water partition coefficient (Wildman–Crippen LogP) is 3.51. The largest absolute Gasteiger partial charge is 0.481 e. The molecule has 0 bridgehead atoms. The van der Waals surface area contributed by atoms with Crippen molar-refractivity contribution in [2.24, 2.45) is 5.92 Å². The van der Waals surface area contributed by atoms with Gasteiger partial charge >= 0.3 is 5.97 Å². The number of carbonyl (C=O) groups excluding carboxylic acids is 1. The summed E-state index contributed by atoms with van der Waals surface area (Å²) >= 11 is 5.89. The number of halogens is 1. The van der Waals surface area contributed by atoms with Crippen LogP contribution in [0, 0.1) is 5.92 Å². The summed E-state index contributed by atoms with van der Waals surface area (Å²) in [5.74, 6) is -1.26. The number of carboxylic acid groups (broad SMARTS) is 1. The Kier molecular flexibility index (Phi) is 4.12. The van der Waals surface area contributed by atoms with Gasteiger partial charge in [-0.15, -0.1) is 0 Å². The van der Waals surface area contributed by atoms with Crippen molar-refractivity contribution in [2.45, 2.75) is 12.8 Å². The minimum absolute atomic E-state index is 0.0194. The van der Waals surface area contributed by atoms with E-state index in [0.717, 1.165) is 5.56 Å². The first kappa shape index (κ1) is 16.6. The highest BCUT2D eigenvalue weighted by atomic mass is 35.5. The van der Waals surface area contributed by atoms with E-state index in [0.29, 0.717) is 34.1 Å². The third kappa shape index (κ3) is 3.15. The second-order valence-corrected chi connectivity index (χ2v) is 6.74. The number of carboxylic acids is 1. The molecule has 4 rings (SSSR count). The Morgan fingerprint density at radius 1 is 1.27 bits per heavy atom. The molecule has 3 aromatic rings. The maximum absolute atomic E-state index is 12.1. The summed E-state index contributed by atoms with van der Waals surface area (Å²) in [6, 6.07) is 12.7. The first-order valence-electron chi connectivity index (χ1n) is 8.16. The van der Waals surface area contributed by atoms with Crippen LogP contribution in [0.4, 0.5) is 5.69 Å². The molecular weight excluding hydrogens is 356 g/mol. The van der Waals surface area contributed by atoms with Gasteiger partial charge in [-0.05, 0) is 29.8 Å². The lowest BCUT2D eigenvalue weighted by Crippen LogP contribution is -2.25. The number of carbonyl (C=O) groups is 2. The molecule has 1 amide bonds. The van der Waals surface area contributed by atoms with Crippen LogP contribution < -0.4 is 4.90 Å². The summed E-state index contributed by atoms with van der Waals surface area (Å²) in [5, 5.41) is 9.78. The standard InChI is InChI=1S/C19H15ClN2O4/c20-13-3-1-11(2-4-13)7-17-21-15-6-5-14(9-16(15)26-17)22-10-12(19(24)25)8-18(22)23/h1-6,9,12H,7-8,10H2,(H,24,25)/t12-/m0/s1. The van der Waals surface area contributed by atoms with E-state index in [9.17, 15) is 9.59 Å². The topological polar surface area (TPSA) is 83.6 Å². The number of aliphatic carboxylic acids is 1. The Hall–Kier alpha value is -2.86. The zero-order valence-electron chi connectivity index (χ0n) is 13.7. The molecule has 7 heteroatoms. The van der Waals surface area contributed by atoms with Crippen LogP contribution in [0.15, 0.2) is 46.9 Å². The lowest BCUT2D eigenvalue weighted by molar-refractivity contribution is -0.141. The third-order valence-corrected chi connectivity index (χ3v) is 4.72. The smallest absolute Gasteiger partial charge is 0.308 e. The highest BCUT2D eigenvalue weighted by Gasteiger charge is 2.35. The van der Waals surface area contributed by atoms with Crippen LogP contribution in [0.5, 0.6) is 0 Å². The normalized spacial score (nSPS) is 17.2. The zero-order valence-corrected chi connectivity index (χ0v) is 14.4. The molecule has 0 unspecified atom stereocenters. The van der Waals surface area contributed by atoms with E-state index in [2.05, 4.69) is 4.98 Å². The minimum Gasteiger partial charge on any atom is -0.481 e. The predicted molar refractivity (Wildman–Crippen MR) is 96.4 cm³/mol. The zero-order chi connectivity index (χ0) is 18.3. The van der Waals surface area contributed by atoms with E-state index in [1.54, 1.807) is 18.2 Å². The average Bonchev–Trinajstić information content (AvgIpc) is 3.19. The van der Waals surface area contributed by atoms with Gasteiger partial charge in [-0.25, -0.2) is 4.98 Å². The van der Waals surface area contributed by atoms with E-state index >= 15 is 0 Å². The van der Waals surface area contributed by atoms with E-state index in [1.165, 1.54) is 4.90 Å². The Morgan fingerprint density at radius 2 is 2.04 bits per heavy atom. The number of anilines is 1. The molecule has 26 heavy (non-hydrogen) atoms. The van der Waals surface area contributed by atoms with Crippen molar-refractivity contribution in [1.29, 1.82) is 0 Å². The number of oxazole rings is 1. The molecule has 1 atom stereocenters. The Labute approximate surface area is 154 Å². The Balaban J connectivity index is 1.59. The van der Waals surface area contributed by atoms with Gasteiger partial charge in [0.15, 0.2) is 11.5 Å². The highest BCUT2D eigenvalue weighted by molar-refractivity contribution is 6.30. The molecule has 2 aromatic carbocycles. The molecule has 1 aromatic heterocycles. The maximum Gasteiger partial charge on any atom is 0.308 e. The quantitative estimate of drug-likeness (QED) is 0.759. The molecule has 0 radical (unpaired) electrons. The summed E-state index contributed by atoms with van der Waals surface area (Å²) < 4.78 is 5.81. The van der Waals surface area contributed by atoms with Crippen molar-refractivity contribution in [3.8, 4) is 0 Å². The van der Waals surface area contributed by atoms with E-state index in [4.69, 9.17) is 21.1 Å². The fourth-order valence-electron chi connectivity index (χ4n) is 3.10. The lowest BCUT2D eigenvalue weighted by Gasteiger charge is -2.15. The van der Waals surface area contributed by atoms with Crippen molar-refractivity contribution in [1.82, 2.24) is 4.98 Å². The van der Waals surface area contributed by atoms with Crippen molar-refractivity contribution >= 4 is 40.3 Å². The summed E-state index contributed by atoms with van der Waals surface area (Å²) in [5.41, 5.74) is 2.91. The van der Waals surface area contributed by atoms with Gasteiger partial charge in [0.2, 0.25) is 5.91 Å². The second kappa shape index (κ2) is 6.46. The van der Waals surface area contributed by atoms with Crippen LogP contribution in [0.3, 0.4) is 0 Å². The maximum atomic E-state index is 12.1. The number of fused-ring (bicyclic) bond motifs is 1. The Morgan fingerprint density at radius 3 is 2.73 bits per heavy atom. The average molecular weight is 371 g/mol. The van der Waals surface area contributed by atoms with Crippen molar-refractivity contribution in [2.75, 3.05) is 11.4 Å². The molecule has 1 fully saturated rings. The number of aromatic nitrogens is 1. The van der Waals surface area contributed by atoms with Gasteiger partial charge in [0.25, 0.3) is 0 Å². The first-order valence-corrected chi connectivity index (χ1v) is 8.54. The first-order chi connectivity index (χ1) is 12.5. The van der Waals surface area contributed by atoms with Gasteiger partial charge in [0, 0.05) is 36.2 Å². The number of hydrogen-bond acceptors (Lipinski definition) is 4. The molecule has 0 spiro atoms. The molecule has 0 saturated carbocycles. The van der Waals surface area contributed by atoms with Crippen LogP contribution >= 0.6 is 11.6 Å². The fraction of sp³-hybridized carbons (Fsp3) is 0.211. The molecule has 1 N–H and O–H groups in total. The summed E-state index contributed by atoms with van der Waals surface area (Å²) in [7, 11) is 0. The Bertz CT molecular complexity index is 996. The molecule has 2 heterocycles. The SMILES string of the molecule is O=C(O)[C@H]1CC(=O)N(c2ccc3nc(Cc4ccc(Cl)cc4)oc3c2)C1. The number of amides is 1. The number of hydrogen-bond donors (Lipinski definition) is 1. The van der Waals surface area contributed by atoms with Gasteiger partial charge in [-0.1, -0.05) is 23.7 Å². The number of benzene rings is 2. The minimum atomic E-state index is -0.952. The van der Waals surface area contributed by atoms with Crippen LogP contribution in [-0.2, 0) is 16.0 Å². The van der Waals surface area contributed by atoms with Gasteiger partial charge < -0.3 is 14.4 Å². The monoisotopic (exact) mass is 370 g/mol. The molecule has 0 aliphatic carbocycles. The molecular formula is C19H15ClN2O4. The molecule has 1 aliphatic heterocycles. The van der Waals surface area contributed by atoms with Gasteiger partial charge in [0.05, 0.1) is 5.92 Å². The van der Waals surface area contributed by atoms with Crippen LogP contribution in [0.2, 0.25) is 5.02 Å². The molecule has 6 nitrogen and oxygen atoms in total. The van der Waals surface area contributed by atoms with Crippen molar-refractivity contribution < 1.29 is 19.1 Å². The van der Waals surface area contributed by atoms with E-state index < -0.39 is 11.9 Å². The summed E-state index contributed by atoms with van der Waals surface area (Å²) in [6.07, 6.45) is 0.552. The third-order valence-electron chi connectivity index (χ3n) is 4.47. The van der Waals surface area contributed by atoms with Crippen molar-refractivity contribution in [3.05, 3.63) is 58.9 Å². The highest BCUT2D eigenvalue weighted by Crippen LogP contribution is 2.29. The van der Waals surface area contributed by atoms with Gasteiger partial charge in [-0.3, -0.25) is 9.59 Å². The van der Waals surface area contributed by atoms with Crippen molar-refractivity contribution in [3.63, 3.8) is 0 Å². The second-order valence-electron chi connectivity index (χ2n) is 6.31. The van der Waals surface area contributed by atoms with Gasteiger partial charge in [-0.2, -0.15) is 0 Å². The fourth-order valence-corrected chi connectivity index (χ4v) is 3.23. The lowest BCUT2D eigenvalue weighted by atomic mass is 10.1. The van der Waals surface area contributed by atoms with Crippen LogP contribution in [0.1, 0.15) is 17.9 Å². The molecule has 1 aliphatic rings.